The highest BCUT2D eigenvalue weighted by Crippen LogP contribution is 2.25. The molecule has 1 N–H and O–H groups in total. The SMILES string of the molecule is COCCCCCOC(COC)COCCOC(=O)NC1CCCC(N2C(=O)C=CC2=O)C1. The molecule has 1 saturated carbocycles. The zero-order valence-corrected chi connectivity index (χ0v) is 19.8. The normalized spacial score (nSPS) is 21.5. The minimum Gasteiger partial charge on any atom is -0.447 e. The van der Waals surface area contributed by atoms with Crippen LogP contribution in [-0.4, -0.2) is 94.9 Å². The number of unbranched alkanes of at least 4 members (excludes halogenated alkanes) is 2. The van der Waals surface area contributed by atoms with Gasteiger partial charge in [0.2, 0.25) is 0 Å². The molecule has 2 aliphatic rings. The summed E-state index contributed by atoms with van der Waals surface area (Å²) in [5.74, 6) is -0.570. The lowest BCUT2D eigenvalue weighted by molar-refractivity contribution is -0.140. The molecule has 1 aliphatic heterocycles. The Kier molecular flexibility index (Phi) is 13.0. The Morgan fingerprint density at radius 1 is 1.00 bits per heavy atom. The molecule has 10 heteroatoms. The average molecular weight is 471 g/mol. The number of imide groups is 1. The lowest BCUT2D eigenvalue weighted by Gasteiger charge is -2.34. The molecule has 3 amide bonds. The van der Waals surface area contributed by atoms with E-state index in [2.05, 4.69) is 5.32 Å². The van der Waals surface area contributed by atoms with Gasteiger partial charge in [-0.2, -0.15) is 0 Å². The third-order valence-electron chi connectivity index (χ3n) is 5.64. The summed E-state index contributed by atoms with van der Waals surface area (Å²) in [5, 5.41) is 2.83. The number of ether oxygens (including phenoxy) is 5. The quantitative estimate of drug-likeness (QED) is 0.269. The van der Waals surface area contributed by atoms with Crippen molar-refractivity contribution in [1.29, 1.82) is 0 Å². The number of methoxy groups -OCH3 is 2. The van der Waals surface area contributed by atoms with Crippen LogP contribution >= 0.6 is 0 Å². The van der Waals surface area contributed by atoms with Crippen molar-refractivity contribution in [2.45, 2.75) is 63.1 Å². The number of nitrogens with zero attached hydrogens (tertiary/aromatic N) is 1. The molecule has 0 aromatic rings. The van der Waals surface area contributed by atoms with Crippen molar-refractivity contribution >= 4 is 17.9 Å². The maximum atomic E-state index is 12.1. The number of rotatable bonds is 16. The molecular weight excluding hydrogens is 432 g/mol. The standard InChI is InChI=1S/C23H38N2O8/c1-29-11-4-3-5-12-32-20(16-30-2)17-31-13-14-33-23(28)24-18-7-6-8-19(15-18)25-21(26)9-10-22(25)27/h9-10,18-20H,3-8,11-17H2,1-2H3,(H,24,28). The Balaban J connectivity index is 1.56. The van der Waals surface area contributed by atoms with Crippen molar-refractivity contribution in [2.75, 3.05) is 53.9 Å². The number of alkyl carbamates (subject to hydrolysis) is 1. The molecule has 3 unspecified atom stereocenters. The van der Waals surface area contributed by atoms with Crippen molar-refractivity contribution in [3.8, 4) is 0 Å². The largest absolute Gasteiger partial charge is 0.447 e. The molecule has 1 heterocycles. The van der Waals surface area contributed by atoms with E-state index < -0.39 is 6.09 Å². The fraction of sp³-hybridized carbons (Fsp3) is 0.783. The zero-order valence-electron chi connectivity index (χ0n) is 19.8. The summed E-state index contributed by atoms with van der Waals surface area (Å²) in [6, 6.07) is -0.332. The third-order valence-corrected chi connectivity index (χ3v) is 5.64. The first-order chi connectivity index (χ1) is 16.0. The Morgan fingerprint density at radius 2 is 1.76 bits per heavy atom. The van der Waals surface area contributed by atoms with Gasteiger partial charge >= 0.3 is 6.09 Å². The molecule has 2 rings (SSSR count). The van der Waals surface area contributed by atoms with E-state index >= 15 is 0 Å². The van der Waals surface area contributed by atoms with Crippen LogP contribution in [-0.2, 0) is 33.3 Å². The summed E-state index contributed by atoms with van der Waals surface area (Å²) in [7, 11) is 3.31. The molecule has 1 fully saturated rings. The van der Waals surface area contributed by atoms with Gasteiger partial charge in [-0.25, -0.2) is 4.79 Å². The first-order valence-corrected chi connectivity index (χ1v) is 11.7. The van der Waals surface area contributed by atoms with Gasteiger partial charge in [0.1, 0.15) is 12.7 Å². The molecule has 10 nitrogen and oxygen atoms in total. The van der Waals surface area contributed by atoms with Crippen LogP contribution in [0.25, 0.3) is 0 Å². The molecule has 3 atom stereocenters. The molecule has 0 saturated heterocycles. The fourth-order valence-corrected chi connectivity index (χ4v) is 4.02. The van der Waals surface area contributed by atoms with Gasteiger partial charge in [0, 0.05) is 51.7 Å². The van der Waals surface area contributed by atoms with Gasteiger partial charge in [0.15, 0.2) is 0 Å². The summed E-state index contributed by atoms with van der Waals surface area (Å²) in [6.07, 6.45) is 7.78. The number of carbonyl (C=O) groups is 3. The van der Waals surface area contributed by atoms with E-state index in [1.54, 1.807) is 14.2 Å². The van der Waals surface area contributed by atoms with Gasteiger partial charge in [-0.15, -0.1) is 0 Å². The van der Waals surface area contributed by atoms with Gasteiger partial charge < -0.3 is 29.0 Å². The van der Waals surface area contributed by atoms with E-state index in [1.165, 1.54) is 17.1 Å². The van der Waals surface area contributed by atoms with Crippen molar-refractivity contribution < 1.29 is 38.1 Å². The lowest BCUT2D eigenvalue weighted by atomic mass is 9.90. The van der Waals surface area contributed by atoms with Crippen molar-refractivity contribution in [3.63, 3.8) is 0 Å². The van der Waals surface area contributed by atoms with Gasteiger partial charge in [0.25, 0.3) is 11.8 Å². The smallest absolute Gasteiger partial charge is 0.407 e. The number of hydrogen-bond acceptors (Lipinski definition) is 8. The van der Waals surface area contributed by atoms with Gasteiger partial charge in [-0.3, -0.25) is 14.5 Å². The number of hydrogen-bond donors (Lipinski definition) is 1. The molecule has 33 heavy (non-hydrogen) atoms. The number of carbonyl (C=O) groups excluding carboxylic acids is 3. The number of amides is 3. The van der Waals surface area contributed by atoms with E-state index in [0.29, 0.717) is 26.2 Å². The second-order valence-corrected chi connectivity index (χ2v) is 8.25. The number of nitrogens with one attached hydrogen (secondary N) is 1. The predicted octanol–water partition coefficient (Wildman–Crippen LogP) is 1.81. The first-order valence-electron chi connectivity index (χ1n) is 11.7. The summed E-state index contributed by atoms with van der Waals surface area (Å²) in [5.41, 5.74) is 0. The molecule has 188 valence electrons. The molecule has 0 aromatic carbocycles. The van der Waals surface area contributed by atoms with Crippen molar-refractivity contribution in [3.05, 3.63) is 12.2 Å². The van der Waals surface area contributed by atoms with Gasteiger partial charge in [0.05, 0.1) is 19.8 Å². The topological polar surface area (TPSA) is 113 Å². The van der Waals surface area contributed by atoms with Crippen LogP contribution in [0.15, 0.2) is 12.2 Å². The van der Waals surface area contributed by atoms with Gasteiger partial charge in [-0.1, -0.05) is 0 Å². The minimum absolute atomic E-state index is 0.117. The Labute approximate surface area is 195 Å². The summed E-state index contributed by atoms with van der Waals surface area (Å²) in [4.78, 5) is 37.2. The molecule has 1 aliphatic carbocycles. The van der Waals surface area contributed by atoms with Crippen LogP contribution in [0.2, 0.25) is 0 Å². The first kappa shape index (κ1) is 27.2. The van der Waals surface area contributed by atoms with E-state index in [0.717, 1.165) is 45.1 Å². The Morgan fingerprint density at radius 3 is 2.48 bits per heavy atom. The van der Waals surface area contributed by atoms with Crippen LogP contribution in [0.3, 0.4) is 0 Å². The van der Waals surface area contributed by atoms with E-state index in [1.807, 2.05) is 0 Å². The maximum absolute atomic E-state index is 12.1. The predicted molar refractivity (Wildman–Crippen MR) is 120 cm³/mol. The van der Waals surface area contributed by atoms with Crippen LogP contribution < -0.4 is 5.32 Å². The molecule has 0 spiro atoms. The highest BCUT2D eigenvalue weighted by Gasteiger charge is 2.35. The monoisotopic (exact) mass is 470 g/mol. The Hall–Kier alpha value is -2.01. The van der Waals surface area contributed by atoms with Crippen LogP contribution in [0.4, 0.5) is 4.79 Å². The average Bonchev–Trinajstić information content (AvgIpc) is 3.13. The molecule has 0 bridgehead atoms. The molecule has 0 radical (unpaired) electrons. The van der Waals surface area contributed by atoms with Crippen molar-refractivity contribution in [2.24, 2.45) is 0 Å². The van der Waals surface area contributed by atoms with Crippen LogP contribution in [0.5, 0.6) is 0 Å². The molecule has 0 aromatic heterocycles. The fourth-order valence-electron chi connectivity index (χ4n) is 4.02. The van der Waals surface area contributed by atoms with Crippen molar-refractivity contribution in [1.82, 2.24) is 10.2 Å². The molecular formula is C23H38N2O8. The zero-order chi connectivity index (χ0) is 23.9. The Bertz CT molecular complexity index is 624. The maximum Gasteiger partial charge on any atom is 0.407 e. The van der Waals surface area contributed by atoms with Crippen LogP contribution in [0, 0.1) is 0 Å². The summed E-state index contributed by atoms with van der Waals surface area (Å²) >= 11 is 0. The van der Waals surface area contributed by atoms with E-state index in [9.17, 15) is 14.4 Å². The van der Waals surface area contributed by atoms with Gasteiger partial charge in [-0.05, 0) is 44.9 Å². The minimum atomic E-state index is -0.526. The summed E-state index contributed by atoms with van der Waals surface area (Å²) < 4.78 is 26.8. The highest BCUT2D eigenvalue weighted by molar-refractivity contribution is 6.13. The third kappa shape index (κ3) is 10.2. The van der Waals surface area contributed by atoms with E-state index in [-0.39, 0.29) is 43.2 Å². The second kappa shape index (κ2) is 15.8. The van der Waals surface area contributed by atoms with Crippen LogP contribution in [0.1, 0.15) is 44.9 Å². The highest BCUT2D eigenvalue weighted by atomic mass is 16.6. The van der Waals surface area contributed by atoms with E-state index in [4.69, 9.17) is 23.7 Å². The second-order valence-electron chi connectivity index (χ2n) is 8.25. The lowest BCUT2D eigenvalue weighted by Crippen LogP contribution is -2.48. The summed E-state index contributed by atoms with van der Waals surface area (Å²) in [6.45, 7) is 2.54.